The summed E-state index contributed by atoms with van der Waals surface area (Å²) in [6.07, 6.45) is 2.79. The molecule has 0 spiro atoms. The Morgan fingerprint density at radius 3 is 2.68 bits per heavy atom. The molecule has 1 amide bonds. The Hall–Kier alpha value is -3.22. The molecule has 1 saturated carbocycles. The number of hydrogen-bond acceptors (Lipinski definition) is 4. The van der Waals surface area contributed by atoms with Crippen LogP contribution in [0.3, 0.4) is 0 Å². The molecule has 0 unspecified atom stereocenters. The molecule has 2 aromatic heterocycles. The summed E-state index contributed by atoms with van der Waals surface area (Å²) in [6, 6.07) is 9.63. The number of hydrogen-bond donors (Lipinski definition) is 1. The molecule has 7 heteroatoms. The lowest BCUT2D eigenvalue weighted by Gasteiger charge is -2.24. The second-order valence-corrected chi connectivity index (χ2v) is 9.19. The van der Waals surface area contributed by atoms with Gasteiger partial charge in [-0.15, -0.1) is 0 Å². The van der Waals surface area contributed by atoms with Crippen molar-refractivity contribution in [1.29, 1.82) is 0 Å². The molecular formula is C24H26N4O3. The number of nitrogens with one attached hydrogen (secondary N) is 1. The number of carbonyl (C=O) groups is 1. The summed E-state index contributed by atoms with van der Waals surface area (Å²) in [7, 11) is 0. The van der Waals surface area contributed by atoms with Gasteiger partial charge in [0, 0.05) is 29.9 Å². The van der Waals surface area contributed by atoms with Crippen LogP contribution in [0.25, 0.3) is 11.0 Å². The smallest absolute Gasteiger partial charge is 0.305 e. The minimum Gasteiger partial charge on any atom is -0.305 e. The lowest BCUT2D eigenvalue weighted by Crippen LogP contribution is -2.38. The number of rotatable bonds is 4. The fourth-order valence-electron chi connectivity index (χ4n) is 4.59. The predicted molar refractivity (Wildman–Crippen MR) is 120 cm³/mol. The highest BCUT2D eigenvalue weighted by atomic mass is 16.2. The Bertz CT molecular complexity index is 1320. The van der Waals surface area contributed by atoms with Crippen LogP contribution >= 0.6 is 0 Å². The van der Waals surface area contributed by atoms with Crippen molar-refractivity contribution in [1.82, 2.24) is 14.5 Å². The third-order valence-electron chi connectivity index (χ3n) is 6.17. The Balaban J connectivity index is 1.76. The summed E-state index contributed by atoms with van der Waals surface area (Å²) in [6.45, 7) is 6.44. The zero-order chi connectivity index (χ0) is 21.9. The topological polar surface area (TPSA) is 88.1 Å². The van der Waals surface area contributed by atoms with E-state index in [2.05, 4.69) is 4.98 Å². The second-order valence-electron chi connectivity index (χ2n) is 9.19. The molecule has 5 rings (SSSR count). The van der Waals surface area contributed by atoms with E-state index in [1.54, 1.807) is 11.0 Å². The molecule has 1 aliphatic heterocycles. The maximum absolute atomic E-state index is 13.9. The highest BCUT2D eigenvalue weighted by Gasteiger charge is 2.35. The number of para-hydroxylation sites is 1. The van der Waals surface area contributed by atoms with E-state index in [1.807, 2.05) is 45.0 Å². The van der Waals surface area contributed by atoms with Gasteiger partial charge in [0.05, 0.1) is 10.9 Å². The zero-order valence-corrected chi connectivity index (χ0v) is 18.0. The van der Waals surface area contributed by atoms with Crippen LogP contribution in [-0.4, -0.2) is 26.5 Å². The molecule has 160 valence electrons. The highest BCUT2D eigenvalue weighted by Crippen LogP contribution is 2.40. The number of amides is 1. The lowest BCUT2D eigenvalue weighted by molar-refractivity contribution is 0.0983. The zero-order valence-electron chi connectivity index (χ0n) is 18.0. The van der Waals surface area contributed by atoms with E-state index < -0.39 is 11.2 Å². The molecule has 0 radical (unpaired) electrons. The van der Waals surface area contributed by atoms with Gasteiger partial charge in [0.1, 0.15) is 0 Å². The fraction of sp³-hybridized carbons (Fsp3) is 0.417. The minimum atomic E-state index is -0.557. The van der Waals surface area contributed by atoms with Gasteiger partial charge >= 0.3 is 5.69 Å². The summed E-state index contributed by atoms with van der Waals surface area (Å²) in [5.74, 6) is 0.246. The van der Waals surface area contributed by atoms with Crippen molar-refractivity contribution in [2.45, 2.75) is 58.5 Å². The number of H-pyrrole nitrogens is 1. The standard InChI is InChI=1S/C24H26N4O3/c1-13(2)12-27-21-20(22(29)26-24(27)31)17(11-18(25-21)15-8-9-15)23(30)28-14(3)10-16-6-4-5-7-19(16)28/h4-7,11,13-15H,8-10,12H2,1-3H3,(H,26,29,31)/t14-/m1/s1. The van der Waals surface area contributed by atoms with E-state index >= 15 is 0 Å². The highest BCUT2D eigenvalue weighted by molar-refractivity contribution is 6.14. The van der Waals surface area contributed by atoms with E-state index in [4.69, 9.17) is 4.98 Å². The summed E-state index contributed by atoms with van der Waals surface area (Å²) >= 11 is 0. The van der Waals surface area contributed by atoms with Crippen LogP contribution in [0, 0.1) is 5.92 Å². The van der Waals surface area contributed by atoms with E-state index in [-0.39, 0.29) is 29.2 Å². The van der Waals surface area contributed by atoms with Crippen molar-refractivity contribution in [2.24, 2.45) is 5.92 Å². The number of aromatic nitrogens is 3. The largest absolute Gasteiger partial charge is 0.330 e. The van der Waals surface area contributed by atoms with Gasteiger partial charge in [-0.2, -0.15) is 0 Å². The molecular weight excluding hydrogens is 392 g/mol. The quantitative estimate of drug-likeness (QED) is 0.705. The number of carbonyl (C=O) groups excluding carboxylic acids is 1. The van der Waals surface area contributed by atoms with Gasteiger partial charge < -0.3 is 4.90 Å². The minimum absolute atomic E-state index is 0.0156. The molecule has 3 aromatic rings. The van der Waals surface area contributed by atoms with Crippen LogP contribution < -0.4 is 16.1 Å². The lowest BCUT2D eigenvalue weighted by atomic mass is 10.1. The van der Waals surface area contributed by atoms with Gasteiger partial charge in [-0.1, -0.05) is 32.0 Å². The molecule has 0 saturated heterocycles. The number of pyridine rings is 1. The number of fused-ring (bicyclic) bond motifs is 2. The first-order chi connectivity index (χ1) is 14.8. The normalized spacial score (nSPS) is 18.1. The molecule has 3 heterocycles. The van der Waals surface area contributed by atoms with Crippen molar-refractivity contribution in [3.05, 3.63) is 68.0 Å². The van der Waals surface area contributed by atoms with Crippen molar-refractivity contribution in [2.75, 3.05) is 4.90 Å². The predicted octanol–water partition coefficient (Wildman–Crippen LogP) is 3.21. The van der Waals surface area contributed by atoms with E-state index in [1.165, 1.54) is 4.57 Å². The molecule has 7 nitrogen and oxygen atoms in total. The van der Waals surface area contributed by atoms with Crippen LogP contribution in [-0.2, 0) is 13.0 Å². The van der Waals surface area contributed by atoms with Gasteiger partial charge in [0.25, 0.3) is 11.5 Å². The summed E-state index contributed by atoms with van der Waals surface area (Å²) in [4.78, 5) is 48.3. The first kappa shape index (κ1) is 19.7. The van der Waals surface area contributed by atoms with Crippen molar-refractivity contribution >= 4 is 22.6 Å². The second kappa shape index (κ2) is 7.18. The van der Waals surface area contributed by atoms with Crippen LogP contribution in [0.1, 0.15) is 61.1 Å². The van der Waals surface area contributed by atoms with Crippen molar-refractivity contribution in [3.63, 3.8) is 0 Å². The van der Waals surface area contributed by atoms with Gasteiger partial charge in [0.2, 0.25) is 0 Å². The van der Waals surface area contributed by atoms with E-state index in [0.29, 0.717) is 17.8 Å². The molecule has 1 N–H and O–H groups in total. The molecule has 2 aliphatic rings. The van der Waals surface area contributed by atoms with Crippen molar-refractivity contribution in [3.8, 4) is 0 Å². The van der Waals surface area contributed by atoms with E-state index in [0.717, 1.165) is 36.2 Å². The van der Waals surface area contributed by atoms with Crippen LogP contribution in [0.5, 0.6) is 0 Å². The van der Waals surface area contributed by atoms with Crippen LogP contribution in [0.4, 0.5) is 5.69 Å². The average Bonchev–Trinajstić information content (AvgIpc) is 3.51. The van der Waals surface area contributed by atoms with Crippen LogP contribution in [0.15, 0.2) is 39.9 Å². The summed E-state index contributed by atoms with van der Waals surface area (Å²) in [5, 5.41) is 0.200. The molecule has 31 heavy (non-hydrogen) atoms. The molecule has 1 atom stereocenters. The summed E-state index contributed by atoms with van der Waals surface area (Å²) < 4.78 is 1.51. The SMILES string of the molecule is CC(C)Cn1c(=O)[nH]c(=O)c2c(C(=O)N3c4ccccc4C[C@H]3C)cc(C3CC3)nc21. The van der Waals surface area contributed by atoms with Gasteiger partial charge in [-0.05, 0) is 49.8 Å². The number of benzene rings is 1. The average molecular weight is 418 g/mol. The molecule has 1 aromatic carbocycles. The molecule has 1 aliphatic carbocycles. The fourth-order valence-corrected chi connectivity index (χ4v) is 4.59. The Kier molecular flexibility index (Phi) is 4.57. The number of anilines is 1. The molecule has 0 bridgehead atoms. The monoisotopic (exact) mass is 418 g/mol. The van der Waals surface area contributed by atoms with Gasteiger partial charge in [-0.25, -0.2) is 9.78 Å². The van der Waals surface area contributed by atoms with Gasteiger partial charge in [-0.3, -0.25) is 19.1 Å². The number of aromatic amines is 1. The number of nitrogens with zero attached hydrogens (tertiary/aromatic N) is 3. The third-order valence-corrected chi connectivity index (χ3v) is 6.17. The van der Waals surface area contributed by atoms with Crippen molar-refractivity contribution < 1.29 is 4.79 Å². The molecule has 1 fully saturated rings. The summed E-state index contributed by atoms with van der Waals surface area (Å²) in [5.41, 5.74) is 2.39. The third kappa shape index (κ3) is 3.28. The first-order valence-electron chi connectivity index (χ1n) is 10.9. The Morgan fingerprint density at radius 1 is 1.23 bits per heavy atom. The van der Waals surface area contributed by atoms with Gasteiger partial charge in [0.15, 0.2) is 5.65 Å². The Morgan fingerprint density at radius 2 is 1.97 bits per heavy atom. The van der Waals surface area contributed by atoms with E-state index in [9.17, 15) is 14.4 Å². The maximum atomic E-state index is 13.9. The first-order valence-corrected chi connectivity index (χ1v) is 10.9. The maximum Gasteiger partial charge on any atom is 0.330 e. The Labute approximate surface area is 179 Å². The van der Waals surface area contributed by atoms with Crippen LogP contribution in [0.2, 0.25) is 0 Å².